The molecule has 152 valence electrons. The van der Waals surface area contributed by atoms with Crippen molar-refractivity contribution in [2.45, 2.75) is 71.4 Å². The molecule has 4 heteroatoms. The van der Waals surface area contributed by atoms with E-state index in [1.54, 1.807) is 6.08 Å². The van der Waals surface area contributed by atoms with E-state index in [1.165, 1.54) is 37.1 Å². The molecule has 2 saturated heterocycles. The molecule has 0 aromatic rings. The smallest absolute Gasteiger partial charge is 0.100 e. The topological polar surface area (TPSA) is 9.72 Å². The summed E-state index contributed by atoms with van der Waals surface area (Å²) >= 11 is 0. The summed E-state index contributed by atoms with van der Waals surface area (Å²) in [7, 11) is 2.24. The molecular formula is C23H38FN3. The predicted molar refractivity (Wildman–Crippen MR) is 112 cm³/mol. The maximum absolute atomic E-state index is 13.3. The minimum atomic E-state index is 0.0166. The molecule has 0 aromatic heterocycles. The van der Waals surface area contributed by atoms with Crippen LogP contribution in [0.15, 0.2) is 36.0 Å². The van der Waals surface area contributed by atoms with Gasteiger partial charge in [-0.25, -0.2) is 4.39 Å². The summed E-state index contributed by atoms with van der Waals surface area (Å²) in [6, 6.07) is 1.17. The lowest BCUT2D eigenvalue weighted by Gasteiger charge is -2.42. The van der Waals surface area contributed by atoms with Crippen molar-refractivity contribution in [3.8, 4) is 0 Å². The van der Waals surface area contributed by atoms with Crippen molar-refractivity contribution in [1.29, 1.82) is 0 Å². The van der Waals surface area contributed by atoms with Gasteiger partial charge in [0, 0.05) is 68.5 Å². The molecule has 2 heterocycles. The lowest BCUT2D eigenvalue weighted by Crippen LogP contribution is -2.52. The Hall–Kier alpha value is -1.29. The van der Waals surface area contributed by atoms with Crippen LogP contribution in [-0.2, 0) is 0 Å². The van der Waals surface area contributed by atoms with Gasteiger partial charge in [-0.1, -0.05) is 20.4 Å². The Balaban J connectivity index is 1.52. The number of nitrogens with zero attached hydrogens (tertiary/aromatic N) is 3. The summed E-state index contributed by atoms with van der Waals surface area (Å²) in [6.45, 7) is 15.8. The van der Waals surface area contributed by atoms with Gasteiger partial charge in [-0.3, -0.25) is 4.90 Å². The van der Waals surface area contributed by atoms with Crippen molar-refractivity contribution < 1.29 is 4.39 Å². The lowest BCUT2D eigenvalue weighted by molar-refractivity contribution is 0.0940. The molecule has 0 aromatic carbocycles. The molecule has 2 fully saturated rings. The number of halogens is 1. The van der Waals surface area contributed by atoms with E-state index in [0.717, 1.165) is 32.6 Å². The molecule has 0 N–H and O–H groups in total. The zero-order chi connectivity index (χ0) is 19.6. The highest BCUT2D eigenvalue weighted by molar-refractivity contribution is 5.20. The monoisotopic (exact) mass is 375 g/mol. The SMILES string of the molecule is C=C1N(C)C(CCN2CCN(C3=CC=C(F)CC3)CC2C)CC1(CC)CC. The quantitative estimate of drug-likeness (QED) is 0.651. The van der Waals surface area contributed by atoms with E-state index in [-0.39, 0.29) is 5.83 Å². The minimum absolute atomic E-state index is 0.0166. The Morgan fingerprint density at radius 3 is 2.48 bits per heavy atom. The number of hydrogen-bond acceptors (Lipinski definition) is 3. The fraction of sp³-hybridized carbons (Fsp3) is 0.739. The van der Waals surface area contributed by atoms with Crippen molar-refractivity contribution in [2.75, 3.05) is 33.2 Å². The second-order valence-electron chi connectivity index (χ2n) is 8.79. The van der Waals surface area contributed by atoms with Gasteiger partial charge in [0.1, 0.15) is 5.83 Å². The van der Waals surface area contributed by atoms with Crippen molar-refractivity contribution in [2.24, 2.45) is 5.41 Å². The van der Waals surface area contributed by atoms with Crippen LogP contribution in [0.3, 0.4) is 0 Å². The van der Waals surface area contributed by atoms with E-state index < -0.39 is 0 Å². The summed E-state index contributed by atoms with van der Waals surface area (Å²) in [6.07, 6.45) is 9.91. The van der Waals surface area contributed by atoms with Crippen LogP contribution < -0.4 is 0 Å². The van der Waals surface area contributed by atoms with Crippen LogP contribution in [0.25, 0.3) is 0 Å². The number of likely N-dealkylation sites (tertiary alicyclic amines) is 1. The first-order valence-electron chi connectivity index (χ1n) is 10.9. The summed E-state index contributed by atoms with van der Waals surface area (Å²) in [5.74, 6) is 0.0166. The highest BCUT2D eigenvalue weighted by Crippen LogP contribution is 2.48. The van der Waals surface area contributed by atoms with Crippen LogP contribution in [0, 0.1) is 5.41 Å². The Morgan fingerprint density at radius 1 is 1.19 bits per heavy atom. The molecule has 0 spiro atoms. The van der Waals surface area contributed by atoms with E-state index in [1.807, 2.05) is 6.08 Å². The molecule has 3 rings (SSSR count). The van der Waals surface area contributed by atoms with Crippen LogP contribution in [0.1, 0.15) is 59.3 Å². The number of allylic oxidation sites excluding steroid dienone is 5. The zero-order valence-electron chi connectivity index (χ0n) is 17.8. The molecule has 3 aliphatic rings. The third-order valence-corrected chi connectivity index (χ3v) is 7.56. The minimum Gasteiger partial charge on any atom is -0.375 e. The molecule has 2 aliphatic heterocycles. The van der Waals surface area contributed by atoms with Crippen molar-refractivity contribution in [1.82, 2.24) is 14.7 Å². The fourth-order valence-corrected chi connectivity index (χ4v) is 5.31. The summed E-state index contributed by atoms with van der Waals surface area (Å²) in [4.78, 5) is 7.57. The molecule has 3 nitrogen and oxygen atoms in total. The van der Waals surface area contributed by atoms with Crippen LogP contribution in [0.4, 0.5) is 4.39 Å². The molecule has 2 unspecified atom stereocenters. The highest BCUT2D eigenvalue weighted by atomic mass is 19.1. The maximum atomic E-state index is 13.3. The van der Waals surface area contributed by atoms with Gasteiger partial charge in [0.25, 0.3) is 0 Å². The average Bonchev–Trinajstić information content (AvgIpc) is 2.92. The van der Waals surface area contributed by atoms with Gasteiger partial charge in [-0.15, -0.1) is 0 Å². The van der Waals surface area contributed by atoms with Gasteiger partial charge >= 0.3 is 0 Å². The van der Waals surface area contributed by atoms with Crippen molar-refractivity contribution in [3.63, 3.8) is 0 Å². The Morgan fingerprint density at radius 2 is 1.93 bits per heavy atom. The first kappa shape index (κ1) is 20.4. The fourth-order valence-electron chi connectivity index (χ4n) is 5.31. The van der Waals surface area contributed by atoms with E-state index in [0.29, 0.717) is 23.9 Å². The highest BCUT2D eigenvalue weighted by Gasteiger charge is 2.43. The van der Waals surface area contributed by atoms with Gasteiger partial charge in [-0.05, 0) is 51.2 Å². The summed E-state index contributed by atoms with van der Waals surface area (Å²) < 4.78 is 13.3. The molecular weight excluding hydrogens is 337 g/mol. The lowest BCUT2D eigenvalue weighted by atomic mass is 9.78. The maximum Gasteiger partial charge on any atom is 0.100 e. The summed E-state index contributed by atoms with van der Waals surface area (Å²) in [5.41, 5.74) is 2.98. The first-order valence-corrected chi connectivity index (χ1v) is 10.9. The van der Waals surface area contributed by atoms with Crippen molar-refractivity contribution in [3.05, 3.63) is 36.0 Å². The zero-order valence-corrected chi connectivity index (χ0v) is 17.8. The van der Waals surface area contributed by atoms with E-state index >= 15 is 0 Å². The largest absolute Gasteiger partial charge is 0.375 e. The normalized spacial score (nSPS) is 29.1. The third-order valence-electron chi connectivity index (χ3n) is 7.56. The van der Waals surface area contributed by atoms with Gasteiger partial charge in [0.05, 0.1) is 0 Å². The summed E-state index contributed by atoms with van der Waals surface area (Å²) in [5, 5.41) is 0. The number of hydrogen-bond donors (Lipinski definition) is 0. The van der Waals surface area contributed by atoms with Crippen LogP contribution in [0.2, 0.25) is 0 Å². The predicted octanol–water partition coefficient (Wildman–Crippen LogP) is 4.94. The molecule has 1 aliphatic carbocycles. The van der Waals surface area contributed by atoms with Gasteiger partial charge in [-0.2, -0.15) is 0 Å². The van der Waals surface area contributed by atoms with E-state index in [9.17, 15) is 4.39 Å². The van der Waals surface area contributed by atoms with Gasteiger partial charge in [0.2, 0.25) is 0 Å². The van der Waals surface area contributed by atoms with E-state index in [2.05, 4.69) is 49.1 Å². The average molecular weight is 376 g/mol. The van der Waals surface area contributed by atoms with Crippen molar-refractivity contribution >= 4 is 0 Å². The standard InChI is InChI=1S/C23H38FN3/c1-6-23(7-2)16-22(25(5)19(23)4)12-13-26-14-15-27(17-18(26)3)21-10-8-20(24)9-11-21/h8,10,18,22H,4,6-7,9,11-17H2,1-3,5H3. The molecule has 0 saturated carbocycles. The van der Waals surface area contributed by atoms with Gasteiger partial charge < -0.3 is 9.80 Å². The molecule has 27 heavy (non-hydrogen) atoms. The molecule has 0 radical (unpaired) electrons. The number of rotatable bonds is 6. The Labute approximate surface area is 165 Å². The second kappa shape index (κ2) is 8.38. The molecule has 2 atom stereocenters. The Bertz CT molecular complexity index is 605. The first-order chi connectivity index (χ1) is 12.9. The third kappa shape index (κ3) is 4.11. The van der Waals surface area contributed by atoms with Crippen LogP contribution in [-0.4, -0.2) is 60.0 Å². The van der Waals surface area contributed by atoms with Crippen LogP contribution in [0.5, 0.6) is 0 Å². The van der Waals surface area contributed by atoms with Crippen LogP contribution >= 0.6 is 0 Å². The van der Waals surface area contributed by atoms with Gasteiger partial charge in [0.15, 0.2) is 0 Å². The molecule has 0 amide bonds. The Kier molecular flexibility index (Phi) is 6.35. The number of piperazine rings is 1. The second-order valence-corrected chi connectivity index (χ2v) is 8.79. The molecule has 0 bridgehead atoms. The van der Waals surface area contributed by atoms with E-state index in [4.69, 9.17) is 0 Å².